The van der Waals surface area contributed by atoms with Crippen LogP contribution in [0.1, 0.15) is 20.7 Å². The van der Waals surface area contributed by atoms with E-state index in [4.69, 9.17) is 9.47 Å². The Kier molecular flexibility index (Phi) is 6.81. The zero-order chi connectivity index (χ0) is 23.6. The zero-order valence-electron chi connectivity index (χ0n) is 16.3. The molecule has 3 rings (SSSR count). The van der Waals surface area contributed by atoms with Crippen LogP contribution in [0.15, 0.2) is 36.4 Å². The number of ether oxygens (including phenoxy) is 2. The van der Waals surface area contributed by atoms with Crippen molar-refractivity contribution in [1.29, 1.82) is 0 Å². The summed E-state index contributed by atoms with van der Waals surface area (Å²) in [5.74, 6) is -3.20. The molecule has 2 aromatic carbocycles. The van der Waals surface area contributed by atoms with Gasteiger partial charge < -0.3 is 50.5 Å². The number of hydrogen-bond donors (Lipinski definition) is 8. The molecule has 172 valence electrons. The molecule has 0 saturated carbocycles. The van der Waals surface area contributed by atoms with E-state index in [2.05, 4.69) is 5.32 Å². The Balaban J connectivity index is 1.89. The number of aliphatic hydroxyl groups excluding tert-OH is 4. The third-order valence-corrected chi connectivity index (χ3v) is 4.78. The predicted molar refractivity (Wildman–Crippen MR) is 106 cm³/mol. The second-order valence-electron chi connectivity index (χ2n) is 6.98. The highest BCUT2D eigenvalue weighted by Crippen LogP contribution is 2.30. The number of carboxylic acids is 1. The number of aliphatic hydroxyl groups is 4. The molecule has 2 aromatic rings. The van der Waals surface area contributed by atoms with Gasteiger partial charge in [0, 0.05) is 0 Å². The average molecular weight is 451 g/mol. The second kappa shape index (κ2) is 9.38. The molecule has 5 unspecified atom stereocenters. The molecule has 0 radical (unpaired) electrons. The van der Waals surface area contributed by atoms with Crippen LogP contribution >= 0.6 is 0 Å². The van der Waals surface area contributed by atoms with E-state index < -0.39 is 54.8 Å². The molecule has 1 heterocycles. The molecule has 1 aliphatic rings. The summed E-state index contributed by atoms with van der Waals surface area (Å²) >= 11 is 0. The van der Waals surface area contributed by atoms with Gasteiger partial charge in [0.25, 0.3) is 5.91 Å². The van der Waals surface area contributed by atoms with E-state index in [1.807, 2.05) is 0 Å². The van der Waals surface area contributed by atoms with Crippen LogP contribution in [0.5, 0.6) is 17.2 Å². The van der Waals surface area contributed by atoms with E-state index in [9.17, 15) is 45.3 Å². The number of amides is 1. The van der Waals surface area contributed by atoms with Gasteiger partial charge in [-0.15, -0.1) is 0 Å². The summed E-state index contributed by atoms with van der Waals surface area (Å²) in [7, 11) is 0. The van der Waals surface area contributed by atoms with E-state index in [-0.39, 0.29) is 28.5 Å². The SMILES string of the molecule is O=C(O)c1cc(O)ccc1NC(=O)c1cc(O)ccc1OC1OC(CO)C(O)C(O)C1O. The van der Waals surface area contributed by atoms with Gasteiger partial charge in [-0.3, -0.25) is 4.79 Å². The molecule has 1 amide bonds. The first-order chi connectivity index (χ1) is 15.1. The maximum absolute atomic E-state index is 12.8. The average Bonchev–Trinajstić information content (AvgIpc) is 2.76. The molecule has 0 spiro atoms. The number of carbonyl (C=O) groups excluding carboxylic acids is 1. The van der Waals surface area contributed by atoms with Gasteiger partial charge in [-0.2, -0.15) is 0 Å². The van der Waals surface area contributed by atoms with Gasteiger partial charge >= 0.3 is 5.97 Å². The highest BCUT2D eigenvalue weighted by atomic mass is 16.7. The largest absolute Gasteiger partial charge is 0.508 e. The quantitative estimate of drug-likeness (QED) is 0.256. The number of carbonyl (C=O) groups is 2. The van der Waals surface area contributed by atoms with E-state index in [1.165, 1.54) is 12.1 Å². The summed E-state index contributed by atoms with van der Waals surface area (Å²) in [6.45, 7) is -0.688. The number of hydrogen-bond acceptors (Lipinski definition) is 10. The van der Waals surface area contributed by atoms with Crippen LogP contribution in [0.3, 0.4) is 0 Å². The number of phenols is 2. The summed E-state index contributed by atoms with van der Waals surface area (Å²) in [6, 6.07) is 6.61. The minimum Gasteiger partial charge on any atom is -0.508 e. The Morgan fingerprint density at radius 2 is 1.56 bits per heavy atom. The maximum atomic E-state index is 12.8. The van der Waals surface area contributed by atoms with Crippen molar-refractivity contribution in [2.75, 3.05) is 11.9 Å². The molecule has 5 atom stereocenters. The van der Waals surface area contributed by atoms with E-state index in [0.29, 0.717) is 0 Å². The molecule has 0 aliphatic carbocycles. The number of anilines is 1. The Morgan fingerprint density at radius 1 is 0.938 bits per heavy atom. The van der Waals surface area contributed by atoms with E-state index in [0.717, 1.165) is 24.3 Å². The molecule has 8 N–H and O–H groups in total. The molecular weight excluding hydrogens is 430 g/mol. The monoisotopic (exact) mass is 451 g/mol. The summed E-state index contributed by atoms with van der Waals surface area (Å²) in [5.41, 5.74) is -0.830. The lowest BCUT2D eigenvalue weighted by atomic mass is 9.99. The predicted octanol–water partition coefficient (Wildman–Crippen LogP) is -0.773. The van der Waals surface area contributed by atoms with Gasteiger partial charge in [-0.25, -0.2) is 4.79 Å². The summed E-state index contributed by atoms with van der Waals surface area (Å²) in [4.78, 5) is 24.2. The minimum atomic E-state index is -1.74. The third-order valence-electron chi connectivity index (χ3n) is 4.78. The van der Waals surface area contributed by atoms with E-state index in [1.54, 1.807) is 0 Å². The van der Waals surface area contributed by atoms with Crippen LogP contribution < -0.4 is 10.1 Å². The van der Waals surface area contributed by atoms with Gasteiger partial charge in [0.05, 0.1) is 23.4 Å². The molecule has 0 aromatic heterocycles. The molecule has 0 bridgehead atoms. The lowest BCUT2D eigenvalue weighted by Gasteiger charge is -2.39. The van der Waals surface area contributed by atoms with Crippen molar-refractivity contribution in [2.24, 2.45) is 0 Å². The lowest BCUT2D eigenvalue weighted by molar-refractivity contribution is -0.277. The summed E-state index contributed by atoms with van der Waals surface area (Å²) in [6.07, 6.45) is -7.90. The Morgan fingerprint density at radius 3 is 2.19 bits per heavy atom. The van der Waals surface area contributed by atoms with Crippen molar-refractivity contribution >= 4 is 17.6 Å². The van der Waals surface area contributed by atoms with E-state index >= 15 is 0 Å². The molecule has 1 fully saturated rings. The topological polar surface area (TPSA) is 206 Å². The highest BCUT2D eigenvalue weighted by molar-refractivity contribution is 6.09. The maximum Gasteiger partial charge on any atom is 0.337 e. The molecule has 1 aliphatic heterocycles. The molecule has 12 heteroatoms. The fraction of sp³-hybridized carbons (Fsp3) is 0.300. The van der Waals surface area contributed by atoms with Gasteiger partial charge in [0.2, 0.25) is 6.29 Å². The second-order valence-corrected chi connectivity index (χ2v) is 6.98. The van der Waals surface area contributed by atoms with Crippen LogP contribution in [0.4, 0.5) is 5.69 Å². The zero-order valence-corrected chi connectivity index (χ0v) is 16.3. The fourth-order valence-corrected chi connectivity index (χ4v) is 3.10. The highest BCUT2D eigenvalue weighted by Gasteiger charge is 2.45. The number of carboxylic acid groups (broad SMARTS) is 1. The van der Waals surface area contributed by atoms with Crippen LogP contribution in [0.25, 0.3) is 0 Å². The minimum absolute atomic E-state index is 0.151. The number of nitrogens with one attached hydrogen (secondary N) is 1. The number of aromatic hydroxyl groups is 2. The van der Waals surface area contributed by atoms with Crippen molar-refractivity contribution in [3.63, 3.8) is 0 Å². The molecule has 1 saturated heterocycles. The molecular formula is C20H21NO11. The fourth-order valence-electron chi connectivity index (χ4n) is 3.10. The van der Waals surface area contributed by atoms with Crippen LogP contribution in [-0.2, 0) is 4.74 Å². The number of phenolic OH excluding ortho intramolecular Hbond substituents is 2. The summed E-state index contributed by atoms with van der Waals surface area (Å²) in [5, 5.41) is 70.1. The molecule has 32 heavy (non-hydrogen) atoms. The van der Waals surface area contributed by atoms with Crippen LogP contribution in [-0.4, -0.2) is 84.9 Å². The first-order valence-electron chi connectivity index (χ1n) is 9.30. The van der Waals surface area contributed by atoms with Crippen molar-refractivity contribution < 1.29 is 54.8 Å². The number of rotatable bonds is 6. The standard InChI is InChI=1S/C20H21NO11/c22-7-14-15(25)16(26)17(27)20(32-14)31-13-4-2-9(24)6-11(13)18(28)21-12-3-1-8(23)5-10(12)19(29)30/h1-6,14-17,20,22-27H,7H2,(H,21,28)(H,29,30). The number of aromatic carboxylic acids is 1. The Bertz CT molecular complexity index is 1010. The molecule has 12 nitrogen and oxygen atoms in total. The normalized spacial score (nSPS) is 25.2. The van der Waals surface area contributed by atoms with Crippen LogP contribution in [0.2, 0.25) is 0 Å². The van der Waals surface area contributed by atoms with Crippen molar-refractivity contribution in [3.05, 3.63) is 47.5 Å². The van der Waals surface area contributed by atoms with Gasteiger partial charge in [0.15, 0.2) is 0 Å². The van der Waals surface area contributed by atoms with Gasteiger partial charge in [0.1, 0.15) is 41.7 Å². The Labute approximate surface area is 180 Å². The van der Waals surface area contributed by atoms with Crippen molar-refractivity contribution in [2.45, 2.75) is 30.7 Å². The first-order valence-corrected chi connectivity index (χ1v) is 9.30. The van der Waals surface area contributed by atoms with Crippen LogP contribution in [0, 0.1) is 0 Å². The van der Waals surface area contributed by atoms with Crippen molar-refractivity contribution in [3.8, 4) is 17.2 Å². The first kappa shape index (κ1) is 23.2. The third kappa shape index (κ3) is 4.74. The van der Waals surface area contributed by atoms with Gasteiger partial charge in [-0.1, -0.05) is 0 Å². The smallest absolute Gasteiger partial charge is 0.337 e. The number of benzene rings is 2. The summed E-state index contributed by atoms with van der Waals surface area (Å²) < 4.78 is 10.7. The lowest BCUT2D eigenvalue weighted by Crippen LogP contribution is -2.60. The van der Waals surface area contributed by atoms with Gasteiger partial charge in [-0.05, 0) is 36.4 Å². The van der Waals surface area contributed by atoms with Crippen molar-refractivity contribution in [1.82, 2.24) is 0 Å². The Hall–Kier alpha value is -3.42.